The molecule has 2 aromatic rings. The molecule has 1 atom stereocenters. The summed E-state index contributed by atoms with van der Waals surface area (Å²) in [6.07, 6.45) is 4.62. The van der Waals surface area contributed by atoms with E-state index in [2.05, 4.69) is 30.7 Å². The summed E-state index contributed by atoms with van der Waals surface area (Å²) >= 11 is 6.13. The maximum absolute atomic E-state index is 6.13. The quantitative estimate of drug-likeness (QED) is 0.937. The van der Waals surface area contributed by atoms with Crippen molar-refractivity contribution in [2.24, 2.45) is 5.73 Å². The first-order valence-electron chi connectivity index (χ1n) is 7.14. The predicted octanol–water partition coefficient (Wildman–Crippen LogP) is 3.71. The van der Waals surface area contributed by atoms with Crippen LogP contribution in [0, 0.1) is 0 Å². The van der Waals surface area contributed by atoms with Crippen LogP contribution in [0.2, 0.25) is 5.02 Å². The minimum atomic E-state index is 0.00195. The van der Waals surface area contributed by atoms with Gasteiger partial charge in [-0.05, 0) is 44.4 Å². The van der Waals surface area contributed by atoms with Gasteiger partial charge in [0.15, 0.2) is 0 Å². The standard InChI is InChI=1S/C16H21ClN2O/c1-16(2)6-5-13(20-16)10-19-9-11(8-18)14-4-3-12(17)7-15(14)19/h3-4,7,9,13H,5-6,8,10,18H2,1-2H3. The average Bonchev–Trinajstić information content (AvgIpc) is 2.90. The Morgan fingerprint density at radius 2 is 2.25 bits per heavy atom. The summed E-state index contributed by atoms with van der Waals surface area (Å²) in [5, 5.41) is 1.95. The van der Waals surface area contributed by atoms with E-state index in [1.807, 2.05) is 12.1 Å². The van der Waals surface area contributed by atoms with Gasteiger partial charge in [0.2, 0.25) is 0 Å². The van der Waals surface area contributed by atoms with E-state index in [-0.39, 0.29) is 11.7 Å². The lowest BCUT2D eigenvalue weighted by molar-refractivity contribution is -0.0212. The minimum Gasteiger partial charge on any atom is -0.370 e. The van der Waals surface area contributed by atoms with Crippen molar-refractivity contribution in [2.45, 2.75) is 51.5 Å². The number of fused-ring (bicyclic) bond motifs is 1. The van der Waals surface area contributed by atoms with Crippen LogP contribution in [0.15, 0.2) is 24.4 Å². The van der Waals surface area contributed by atoms with E-state index in [9.17, 15) is 0 Å². The molecule has 1 aromatic heterocycles. The average molecular weight is 293 g/mol. The van der Waals surface area contributed by atoms with Crippen LogP contribution in [0.4, 0.5) is 0 Å². The summed E-state index contributed by atoms with van der Waals surface area (Å²) in [6, 6.07) is 5.98. The number of halogens is 1. The van der Waals surface area contributed by atoms with Crippen LogP contribution in [0.1, 0.15) is 32.3 Å². The predicted molar refractivity (Wildman–Crippen MR) is 83.0 cm³/mol. The maximum Gasteiger partial charge on any atom is 0.0762 e. The highest BCUT2D eigenvalue weighted by molar-refractivity contribution is 6.31. The molecule has 0 amide bonds. The Labute approximate surface area is 124 Å². The number of benzene rings is 1. The summed E-state index contributed by atoms with van der Waals surface area (Å²) in [5.41, 5.74) is 8.15. The van der Waals surface area contributed by atoms with E-state index in [0.29, 0.717) is 6.54 Å². The van der Waals surface area contributed by atoms with Gasteiger partial charge in [0.25, 0.3) is 0 Å². The molecule has 0 bridgehead atoms. The second kappa shape index (κ2) is 5.06. The van der Waals surface area contributed by atoms with Crippen molar-refractivity contribution in [1.29, 1.82) is 0 Å². The van der Waals surface area contributed by atoms with Gasteiger partial charge in [-0.2, -0.15) is 0 Å². The van der Waals surface area contributed by atoms with E-state index in [0.717, 1.165) is 35.5 Å². The molecule has 0 radical (unpaired) electrons. The van der Waals surface area contributed by atoms with Gasteiger partial charge in [0.05, 0.1) is 11.7 Å². The second-order valence-electron chi connectivity index (χ2n) is 6.21. The third-order valence-corrected chi connectivity index (χ3v) is 4.34. The number of rotatable bonds is 3. The van der Waals surface area contributed by atoms with Gasteiger partial charge in [0, 0.05) is 35.2 Å². The number of hydrogen-bond donors (Lipinski definition) is 1. The smallest absolute Gasteiger partial charge is 0.0762 e. The Morgan fingerprint density at radius 1 is 1.45 bits per heavy atom. The third-order valence-electron chi connectivity index (χ3n) is 4.10. The number of nitrogens with two attached hydrogens (primary N) is 1. The monoisotopic (exact) mass is 292 g/mol. The fraction of sp³-hybridized carbons (Fsp3) is 0.500. The molecular formula is C16H21ClN2O. The fourth-order valence-electron chi connectivity index (χ4n) is 3.08. The van der Waals surface area contributed by atoms with Crippen LogP contribution in [0.3, 0.4) is 0 Å². The van der Waals surface area contributed by atoms with Gasteiger partial charge >= 0.3 is 0 Å². The Hall–Kier alpha value is -1.03. The van der Waals surface area contributed by atoms with Crippen LogP contribution in [0.25, 0.3) is 10.9 Å². The highest BCUT2D eigenvalue weighted by Crippen LogP contribution is 2.32. The maximum atomic E-state index is 6.13. The molecule has 1 unspecified atom stereocenters. The molecule has 1 aliphatic heterocycles. The molecule has 1 saturated heterocycles. The molecule has 0 spiro atoms. The van der Waals surface area contributed by atoms with Crippen molar-refractivity contribution < 1.29 is 4.74 Å². The molecule has 0 aliphatic carbocycles. The molecule has 1 aliphatic rings. The lowest BCUT2D eigenvalue weighted by atomic mass is 10.1. The normalized spacial score (nSPS) is 21.7. The van der Waals surface area contributed by atoms with Crippen LogP contribution >= 0.6 is 11.6 Å². The third kappa shape index (κ3) is 2.58. The van der Waals surface area contributed by atoms with E-state index < -0.39 is 0 Å². The number of aromatic nitrogens is 1. The molecular weight excluding hydrogens is 272 g/mol. The lowest BCUT2D eigenvalue weighted by Crippen LogP contribution is -2.22. The molecule has 1 aromatic carbocycles. The van der Waals surface area contributed by atoms with Crippen molar-refractivity contribution >= 4 is 22.5 Å². The van der Waals surface area contributed by atoms with Gasteiger partial charge < -0.3 is 15.0 Å². The van der Waals surface area contributed by atoms with Gasteiger partial charge in [-0.15, -0.1) is 0 Å². The molecule has 2 N–H and O–H groups in total. The lowest BCUT2D eigenvalue weighted by Gasteiger charge is -2.20. The summed E-state index contributed by atoms with van der Waals surface area (Å²) in [7, 11) is 0. The fourth-order valence-corrected chi connectivity index (χ4v) is 3.25. The van der Waals surface area contributed by atoms with E-state index in [1.165, 1.54) is 5.39 Å². The first-order chi connectivity index (χ1) is 9.48. The van der Waals surface area contributed by atoms with E-state index in [4.69, 9.17) is 22.1 Å². The molecule has 4 heteroatoms. The number of ether oxygens (including phenoxy) is 1. The summed E-state index contributed by atoms with van der Waals surface area (Å²) in [6.45, 7) is 5.72. The Bertz CT molecular complexity index is 633. The number of hydrogen-bond acceptors (Lipinski definition) is 2. The van der Waals surface area contributed by atoms with Crippen LogP contribution < -0.4 is 5.73 Å². The van der Waals surface area contributed by atoms with Gasteiger partial charge in [-0.1, -0.05) is 17.7 Å². The molecule has 3 rings (SSSR count). The highest BCUT2D eigenvalue weighted by atomic mass is 35.5. The topological polar surface area (TPSA) is 40.2 Å². The van der Waals surface area contributed by atoms with Crippen molar-refractivity contribution in [3.63, 3.8) is 0 Å². The second-order valence-corrected chi connectivity index (χ2v) is 6.65. The molecule has 2 heterocycles. The zero-order valence-electron chi connectivity index (χ0n) is 12.0. The molecule has 1 fully saturated rings. The van der Waals surface area contributed by atoms with Crippen molar-refractivity contribution in [2.75, 3.05) is 0 Å². The van der Waals surface area contributed by atoms with Crippen LogP contribution in [-0.2, 0) is 17.8 Å². The van der Waals surface area contributed by atoms with Crippen LogP contribution in [-0.4, -0.2) is 16.3 Å². The van der Waals surface area contributed by atoms with Gasteiger partial charge in [-0.25, -0.2) is 0 Å². The van der Waals surface area contributed by atoms with Crippen molar-refractivity contribution in [3.8, 4) is 0 Å². The Kier molecular flexibility index (Phi) is 3.53. The first kappa shape index (κ1) is 13.9. The Balaban J connectivity index is 1.93. The molecule has 0 saturated carbocycles. The summed E-state index contributed by atoms with van der Waals surface area (Å²) in [4.78, 5) is 0. The van der Waals surface area contributed by atoms with Crippen molar-refractivity contribution in [3.05, 3.63) is 35.0 Å². The molecule has 108 valence electrons. The first-order valence-corrected chi connectivity index (χ1v) is 7.51. The number of nitrogens with zero attached hydrogens (tertiary/aromatic N) is 1. The van der Waals surface area contributed by atoms with Gasteiger partial charge in [0.1, 0.15) is 0 Å². The minimum absolute atomic E-state index is 0.00195. The zero-order chi connectivity index (χ0) is 14.3. The zero-order valence-corrected chi connectivity index (χ0v) is 12.8. The Morgan fingerprint density at radius 3 is 2.90 bits per heavy atom. The summed E-state index contributed by atoms with van der Waals surface area (Å²) < 4.78 is 8.32. The van der Waals surface area contributed by atoms with Crippen LogP contribution in [0.5, 0.6) is 0 Å². The molecule has 3 nitrogen and oxygen atoms in total. The summed E-state index contributed by atoms with van der Waals surface area (Å²) in [5.74, 6) is 0. The molecule has 20 heavy (non-hydrogen) atoms. The van der Waals surface area contributed by atoms with Crippen molar-refractivity contribution in [1.82, 2.24) is 4.57 Å². The van der Waals surface area contributed by atoms with E-state index >= 15 is 0 Å². The SMILES string of the molecule is CC1(C)CCC(Cn2cc(CN)c3ccc(Cl)cc32)O1. The van der Waals surface area contributed by atoms with E-state index in [1.54, 1.807) is 0 Å². The highest BCUT2D eigenvalue weighted by Gasteiger charge is 2.31. The van der Waals surface area contributed by atoms with Gasteiger partial charge in [-0.3, -0.25) is 0 Å². The largest absolute Gasteiger partial charge is 0.370 e.